The highest BCUT2D eigenvalue weighted by Gasteiger charge is 2.54. The highest BCUT2D eigenvalue weighted by atomic mass is 16.6. The van der Waals surface area contributed by atoms with Crippen molar-refractivity contribution in [1.29, 1.82) is 0 Å². The minimum absolute atomic E-state index is 0.0170. The van der Waals surface area contributed by atoms with Crippen LogP contribution in [0.1, 0.15) is 47.4 Å². The summed E-state index contributed by atoms with van der Waals surface area (Å²) in [5.41, 5.74) is 3.43. The molecule has 16 nitrogen and oxygen atoms in total. The summed E-state index contributed by atoms with van der Waals surface area (Å²) >= 11 is 0. The van der Waals surface area contributed by atoms with Gasteiger partial charge in [-0.15, -0.1) is 0 Å². The van der Waals surface area contributed by atoms with E-state index >= 15 is 0 Å². The van der Waals surface area contributed by atoms with Crippen LogP contribution in [0, 0.1) is 17.8 Å². The molecule has 3 aromatic rings. The fourth-order valence-electron chi connectivity index (χ4n) is 8.11. The number of fused-ring (bicyclic) bond motifs is 6. The van der Waals surface area contributed by atoms with E-state index in [1.807, 2.05) is 17.4 Å². The number of nitrogens with one attached hydrogen (secondary N) is 2. The van der Waals surface area contributed by atoms with Crippen LogP contribution in [-0.2, 0) is 35.0 Å². The molecule has 6 rings (SSSR count). The average Bonchev–Trinajstić information content (AvgIpc) is 3.57. The third-order valence-corrected chi connectivity index (χ3v) is 10.5. The Balaban J connectivity index is 0.000000460. The monoisotopic (exact) mass is 767 g/mol. The number of amides is 1. The summed E-state index contributed by atoms with van der Waals surface area (Å²) in [4.78, 5) is 53.7. The molecule has 2 aliphatic heterocycles. The first-order valence-electron chi connectivity index (χ1n) is 17.8. The van der Waals surface area contributed by atoms with E-state index in [4.69, 9.17) is 38.3 Å². The van der Waals surface area contributed by atoms with E-state index in [0.717, 1.165) is 37.2 Å². The fourth-order valence-corrected chi connectivity index (χ4v) is 8.11. The van der Waals surface area contributed by atoms with E-state index in [2.05, 4.69) is 27.3 Å². The molecular formula is C39H49N3O13. The van der Waals surface area contributed by atoms with Gasteiger partial charge in [-0.3, -0.25) is 15.0 Å². The van der Waals surface area contributed by atoms with Crippen LogP contribution in [0.15, 0.2) is 42.6 Å². The number of alkyl carbamates (subject to hydrolysis) is 1. The smallest absolute Gasteiger partial charge is 0.411 e. The third kappa shape index (κ3) is 8.44. The molecule has 6 atom stereocenters. The molecule has 1 saturated carbocycles. The van der Waals surface area contributed by atoms with Gasteiger partial charge in [0.2, 0.25) is 5.75 Å². The number of hydrogen-bond donors (Lipinski definition) is 3. The number of H-pyrrole nitrogens is 1. The molecule has 3 aliphatic rings. The van der Waals surface area contributed by atoms with Gasteiger partial charge in [-0.25, -0.2) is 14.4 Å². The third-order valence-electron chi connectivity index (χ3n) is 10.5. The van der Waals surface area contributed by atoms with E-state index in [0.29, 0.717) is 23.7 Å². The number of hydrogen-bond acceptors (Lipinski definition) is 13. The quantitative estimate of drug-likeness (QED) is 0.140. The van der Waals surface area contributed by atoms with Crippen molar-refractivity contribution in [3.05, 3.63) is 59.4 Å². The molecule has 0 radical (unpaired) electrons. The van der Waals surface area contributed by atoms with Crippen LogP contribution in [0.5, 0.6) is 23.0 Å². The fraction of sp³-hybridized carbons (Fsp3) is 0.487. The van der Waals surface area contributed by atoms with Gasteiger partial charge >= 0.3 is 24.0 Å². The number of carboxylic acid groups (broad SMARTS) is 1. The molecule has 0 spiro atoms. The van der Waals surface area contributed by atoms with E-state index in [-0.39, 0.29) is 36.0 Å². The maximum absolute atomic E-state index is 13.5. The van der Waals surface area contributed by atoms with E-state index in [1.54, 1.807) is 33.3 Å². The van der Waals surface area contributed by atoms with E-state index in [9.17, 15) is 19.2 Å². The van der Waals surface area contributed by atoms with E-state index < -0.39 is 41.9 Å². The van der Waals surface area contributed by atoms with Gasteiger partial charge in [-0.2, -0.15) is 0 Å². The Kier molecular flexibility index (Phi) is 13.2. The highest BCUT2D eigenvalue weighted by Crippen LogP contribution is 2.51. The van der Waals surface area contributed by atoms with Crippen molar-refractivity contribution in [3.8, 4) is 23.0 Å². The summed E-state index contributed by atoms with van der Waals surface area (Å²) in [7, 11) is 9.10. The Bertz CT molecular complexity index is 1880. The van der Waals surface area contributed by atoms with Crippen molar-refractivity contribution < 1.29 is 62.2 Å². The van der Waals surface area contributed by atoms with Crippen molar-refractivity contribution in [2.24, 2.45) is 17.8 Å². The predicted molar refractivity (Wildman–Crippen MR) is 198 cm³/mol. The molecule has 1 aliphatic carbocycles. The van der Waals surface area contributed by atoms with Crippen molar-refractivity contribution in [2.45, 2.75) is 44.4 Å². The lowest BCUT2D eigenvalue weighted by Gasteiger charge is -2.52. The number of ether oxygens (including phenoxy) is 8. The first-order chi connectivity index (χ1) is 26.4. The van der Waals surface area contributed by atoms with Crippen molar-refractivity contribution in [1.82, 2.24) is 15.2 Å². The number of rotatable bonds is 11. The number of piperidine rings is 1. The maximum atomic E-state index is 13.5. The zero-order valence-electron chi connectivity index (χ0n) is 32.1. The number of benzene rings is 2. The largest absolute Gasteiger partial charge is 0.497 e. The van der Waals surface area contributed by atoms with Crippen molar-refractivity contribution in [2.75, 3.05) is 62.4 Å². The van der Waals surface area contributed by atoms with Crippen LogP contribution >= 0.6 is 0 Å². The molecule has 1 saturated heterocycles. The van der Waals surface area contributed by atoms with Crippen molar-refractivity contribution >= 4 is 34.9 Å². The number of aromatic nitrogens is 1. The second-order valence-corrected chi connectivity index (χ2v) is 13.3. The van der Waals surface area contributed by atoms with Gasteiger partial charge in [-0.05, 0) is 67.9 Å². The molecule has 3 heterocycles. The van der Waals surface area contributed by atoms with Gasteiger partial charge in [0.25, 0.3) is 0 Å². The summed E-state index contributed by atoms with van der Waals surface area (Å²) in [5.74, 6) is -0.839. The molecular weight excluding hydrogens is 718 g/mol. The molecule has 298 valence electrons. The number of carbonyl (C=O) groups is 4. The minimum atomic E-state index is -1.28. The van der Waals surface area contributed by atoms with Gasteiger partial charge in [0, 0.05) is 42.9 Å². The Morgan fingerprint density at radius 1 is 0.964 bits per heavy atom. The second kappa shape index (κ2) is 17.8. The van der Waals surface area contributed by atoms with Crippen LogP contribution in [0.25, 0.3) is 10.9 Å². The molecule has 3 N–H and O–H groups in total. The number of nitrogens with zero attached hydrogens (tertiary/aromatic N) is 1. The molecule has 0 bridgehead atoms. The van der Waals surface area contributed by atoms with E-state index in [1.165, 1.54) is 45.1 Å². The van der Waals surface area contributed by atoms with Crippen LogP contribution in [0.3, 0.4) is 0 Å². The number of aromatic amines is 1. The number of aliphatic carboxylic acids is 1. The minimum Gasteiger partial charge on any atom is -0.497 e. The molecule has 2 fully saturated rings. The maximum Gasteiger partial charge on any atom is 0.411 e. The predicted octanol–water partition coefficient (Wildman–Crippen LogP) is 4.50. The molecule has 1 aromatic heterocycles. The lowest BCUT2D eigenvalue weighted by Crippen LogP contribution is -2.58. The number of carbonyl (C=O) groups excluding carboxylic acids is 3. The van der Waals surface area contributed by atoms with Gasteiger partial charge in [0.1, 0.15) is 23.7 Å². The number of esters is 2. The summed E-state index contributed by atoms with van der Waals surface area (Å²) in [6.45, 7) is 6.55. The Morgan fingerprint density at radius 2 is 1.67 bits per heavy atom. The zero-order chi connectivity index (χ0) is 40.0. The lowest BCUT2D eigenvalue weighted by molar-refractivity contribution is -0.176. The summed E-state index contributed by atoms with van der Waals surface area (Å²) in [6.07, 6.45) is 0.114. The molecule has 0 unspecified atom stereocenters. The Labute approximate surface area is 318 Å². The SMILES string of the molecule is C=C(NC(=O)OCC)C(=O)O.COC(=O)[C@H]1[C@H]2C[C@@H]3c4[nH]c5cc(OC)ccc5c4CCN3C[C@H]2C[C@@H](OC(=O)c2cc(OC)c(OC)c(OC)c2)[C@@H]1OC. The topological polar surface area (TPSA) is 193 Å². The molecule has 2 aromatic carbocycles. The van der Waals surface area contributed by atoms with Crippen molar-refractivity contribution in [3.63, 3.8) is 0 Å². The zero-order valence-corrected chi connectivity index (χ0v) is 32.1. The standard InChI is InChI=1S/C33H40N2O9.C6H9NO4/c1-38-19-7-8-20-21-9-10-35-16-18-13-27(44-32(36)17-11-25(39-2)30(41-4)26(12-17)40-3)31(42-5)28(33(37)43-6)22(18)15-24(35)29(21)34-23(20)14-19;1-3-11-6(10)7-4(2)5(8)9/h7-8,11-12,14,18,22,24,27-28,31,34H,9-10,13,15-16H2,1-6H3;2-3H2,1H3,(H,7,10)(H,8,9)/t18-,22+,24-,27-,28+,31+;/m1./s1. The average molecular weight is 768 g/mol. The normalized spacial score (nSPS) is 22.6. The summed E-state index contributed by atoms with van der Waals surface area (Å²) in [5, 5.41) is 11.4. The first-order valence-corrected chi connectivity index (χ1v) is 17.8. The summed E-state index contributed by atoms with van der Waals surface area (Å²) in [6, 6.07) is 9.40. The molecule has 55 heavy (non-hydrogen) atoms. The molecule has 1 amide bonds. The highest BCUT2D eigenvalue weighted by molar-refractivity contribution is 5.92. The lowest BCUT2D eigenvalue weighted by atomic mass is 9.63. The molecule has 16 heteroatoms. The van der Waals surface area contributed by atoms with Crippen LogP contribution in [-0.4, -0.2) is 114 Å². The van der Waals surface area contributed by atoms with Gasteiger partial charge in [-0.1, -0.05) is 6.58 Å². The van der Waals surface area contributed by atoms with Crippen LogP contribution in [0.2, 0.25) is 0 Å². The number of methoxy groups -OCH3 is 6. The van der Waals surface area contributed by atoms with Crippen LogP contribution in [0.4, 0.5) is 4.79 Å². The number of carboxylic acids is 1. The van der Waals surface area contributed by atoms with Gasteiger partial charge in [0.15, 0.2) is 11.5 Å². The first kappa shape index (κ1) is 40.7. The van der Waals surface area contributed by atoms with Crippen LogP contribution < -0.4 is 24.3 Å². The van der Waals surface area contributed by atoms with Gasteiger partial charge in [0.05, 0.1) is 59.7 Å². The second-order valence-electron chi connectivity index (χ2n) is 13.3. The Morgan fingerprint density at radius 3 is 2.25 bits per heavy atom. The Hall–Kier alpha value is -5.48. The van der Waals surface area contributed by atoms with Gasteiger partial charge < -0.3 is 48.0 Å². The summed E-state index contributed by atoms with van der Waals surface area (Å²) < 4.78 is 43.5.